The van der Waals surface area contributed by atoms with Crippen molar-refractivity contribution in [2.75, 3.05) is 37.6 Å². The molecule has 0 bridgehead atoms. The van der Waals surface area contributed by atoms with Crippen LogP contribution in [0.1, 0.15) is 44.3 Å². The van der Waals surface area contributed by atoms with Gasteiger partial charge >= 0.3 is 0 Å². The molecule has 0 radical (unpaired) electrons. The lowest BCUT2D eigenvalue weighted by Crippen LogP contribution is -2.50. The zero-order chi connectivity index (χ0) is 23.5. The molecule has 3 aromatic carbocycles. The zero-order valence-corrected chi connectivity index (χ0v) is 19.7. The Morgan fingerprint density at radius 1 is 0.676 bits per heavy atom. The molecule has 0 unspecified atom stereocenters. The highest BCUT2D eigenvalue weighted by Crippen LogP contribution is 2.25. The van der Waals surface area contributed by atoms with E-state index in [1.165, 1.54) is 16.7 Å². The third kappa shape index (κ3) is 4.56. The van der Waals surface area contributed by atoms with Crippen LogP contribution in [0.5, 0.6) is 0 Å². The molecule has 2 heterocycles. The Morgan fingerprint density at radius 3 is 1.76 bits per heavy atom. The van der Waals surface area contributed by atoms with E-state index < -0.39 is 0 Å². The number of aryl methyl sites for hydroxylation is 1. The van der Waals surface area contributed by atoms with E-state index >= 15 is 0 Å². The standard InChI is InChI=1S/C29H31N3O2/c1-2-22-7-9-24(10-8-22)28(33)30-17-19-31(20-18-30)29(34)25-11-13-27(14-12-25)32-16-15-23-5-3-4-6-26(23)21-32/h3-14H,2,15-21H2,1H3. The fourth-order valence-corrected chi connectivity index (χ4v) is 4.89. The van der Waals surface area contributed by atoms with Crippen LogP contribution >= 0.6 is 0 Å². The predicted octanol–water partition coefficient (Wildman–Crippen LogP) is 4.41. The van der Waals surface area contributed by atoms with Crippen molar-refractivity contribution in [1.82, 2.24) is 9.80 Å². The Morgan fingerprint density at radius 2 is 1.21 bits per heavy atom. The summed E-state index contributed by atoms with van der Waals surface area (Å²) in [5, 5.41) is 0. The number of benzene rings is 3. The molecule has 3 aromatic rings. The van der Waals surface area contributed by atoms with Crippen LogP contribution in [0.2, 0.25) is 0 Å². The number of anilines is 1. The van der Waals surface area contributed by atoms with E-state index in [0.717, 1.165) is 31.6 Å². The van der Waals surface area contributed by atoms with Crippen molar-refractivity contribution in [3.8, 4) is 0 Å². The highest BCUT2D eigenvalue weighted by Gasteiger charge is 2.26. The van der Waals surface area contributed by atoms with Crippen LogP contribution in [-0.4, -0.2) is 54.3 Å². The van der Waals surface area contributed by atoms with Crippen molar-refractivity contribution in [1.29, 1.82) is 0 Å². The second-order valence-electron chi connectivity index (χ2n) is 9.12. The molecule has 5 rings (SSSR count). The summed E-state index contributed by atoms with van der Waals surface area (Å²) in [4.78, 5) is 32.0. The molecule has 2 amide bonds. The summed E-state index contributed by atoms with van der Waals surface area (Å²) in [7, 11) is 0. The summed E-state index contributed by atoms with van der Waals surface area (Å²) < 4.78 is 0. The second-order valence-corrected chi connectivity index (χ2v) is 9.12. The molecule has 2 aliphatic heterocycles. The molecular formula is C29H31N3O2. The first kappa shape index (κ1) is 22.2. The number of hydrogen-bond donors (Lipinski definition) is 0. The van der Waals surface area contributed by atoms with Crippen LogP contribution in [-0.2, 0) is 19.4 Å². The average molecular weight is 454 g/mol. The van der Waals surface area contributed by atoms with E-state index in [1.807, 2.05) is 46.2 Å². The Bertz CT molecular complexity index is 1160. The molecule has 0 N–H and O–H groups in total. The maximum atomic E-state index is 13.1. The van der Waals surface area contributed by atoms with Crippen molar-refractivity contribution in [2.45, 2.75) is 26.3 Å². The first-order valence-corrected chi connectivity index (χ1v) is 12.2. The van der Waals surface area contributed by atoms with Crippen LogP contribution in [0.4, 0.5) is 5.69 Å². The summed E-state index contributed by atoms with van der Waals surface area (Å²) in [6.45, 7) is 6.23. The van der Waals surface area contributed by atoms with Crippen LogP contribution in [0.3, 0.4) is 0 Å². The van der Waals surface area contributed by atoms with Gasteiger partial charge in [-0.05, 0) is 65.9 Å². The Hall–Kier alpha value is -3.60. The predicted molar refractivity (Wildman–Crippen MR) is 135 cm³/mol. The van der Waals surface area contributed by atoms with Gasteiger partial charge < -0.3 is 14.7 Å². The number of amides is 2. The van der Waals surface area contributed by atoms with E-state index in [-0.39, 0.29) is 11.8 Å². The topological polar surface area (TPSA) is 43.9 Å². The molecule has 0 spiro atoms. The lowest BCUT2D eigenvalue weighted by atomic mass is 9.99. The van der Waals surface area contributed by atoms with Gasteiger partial charge in [-0.2, -0.15) is 0 Å². The quantitative estimate of drug-likeness (QED) is 0.588. The fraction of sp³-hybridized carbons (Fsp3) is 0.310. The number of nitrogens with zero attached hydrogens (tertiary/aromatic N) is 3. The number of piperazine rings is 1. The average Bonchev–Trinajstić information content (AvgIpc) is 2.92. The van der Waals surface area contributed by atoms with Crippen molar-refractivity contribution in [3.05, 3.63) is 101 Å². The molecule has 0 aromatic heterocycles. The summed E-state index contributed by atoms with van der Waals surface area (Å²) in [5.74, 6) is 0.0807. The molecular weight excluding hydrogens is 422 g/mol. The van der Waals surface area contributed by atoms with Crippen molar-refractivity contribution in [2.24, 2.45) is 0 Å². The SMILES string of the molecule is CCc1ccc(C(=O)N2CCN(C(=O)c3ccc(N4CCc5ccccc5C4)cc3)CC2)cc1. The Labute approximate surface area is 201 Å². The lowest BCUT2D eigenvalue weighted by Gasteiger charge is -2.35. The molecule has 1 saturated heterocycles. The number of rotatable bonds is 4. The van der Waals surface area contributed by atoms with Gasteiger partial charge in [-0.1, -0.05) is 43.3 Å². The zero-order valence-electron chi connectivity index (χ0n) is 19.7. The maximum Gasteiger partial charge on any atom is 0.253 e. The number of carbonyl (C=O) groups is 2. The van der Waals surface area contributed by atoms with Gasteiger partial charge in [0.25, 0.3) is 11.8 Å². The summed E-state index contributed by atoms with van der Waals surface area (Å²) in [5.41, 5.74) is 6.60. The van der Waals surface area contributed by atoms with E-state index in [9.17, 15) is 9.59 Å². The summed E-state index contributed by atoms with van der Waals surface area (Å²) in [6, 6.07) is 24.4. The highest BCUT2D eigenvalue weighted by molar-refractivity contribution is 5.96. The molecule has 0 atom stereocenters. The van der Waals surface area contributed by atoms with Gasteiger partial charge in [0.2, 0.25) is 0 Å². The monoisotopic (exact) mass is 453 g/mol. The lowest BCUT2D eigenvalue weighted by molar-refractivity contribution is 0.0535. The minimum atomic E-state index is 0.0370. The smallest absolute Gasteiger partial charge is 0.253 e. The van der Waals surface area contributed by atoms with Gasteiger partial charge in [-0.3, -0.25) is 9.59 Å². The Kier molecular flexibility index (Phi) is 6.35. The molecule has 0 saturated carbocycles. The first-order chi connectivity index (χ1) is 16.6. The van der Waals surface area contributed by atoms with Crippen LogP contribution in [0.25, 0.3) is 0 Å². The summed E-state index contributed by atoms with van der Waals surface area (Å²) >= 11 is 0. The Balaban J connectivity index is 1.17. The van der Waals surface area contributed by atoms with Gasteiger partial charge in [-0.15, -0.1) is 0 Å². The third-order valence-corrected chi connectivity index (χ3v) is 7.07. The van der Waals surface area contributed by atoms with Crippen LogP contribution < -0.4 is 4.90 Å². The van der Waals surface area contributed by atoms with E-state index in [4.69, 9.17) is 0 Å². The summed E-state index contributed by atoms with van der Waals surface area (Å²) in [6.07, 6.45) is 2.00. The largest absolute Gasteiger partial charge is 0.367 e. The van der Waals surface area contributed by atoms with Crippen molar-refractivity contribution in [3.63, 3.8) is 0 Å². The molecule has 174 valence electrons. The van der Waals surface area contributed by atoms with Gasteiger partial charge in [0.1, 0.15) is 0 Å². The molecule has 0 aliphatic carbocycles. The van der Waals surface area contributed by atoms with E-state index in [2.05, 4.69) is 48.2 Å². The molecule has 34 heavy (non-hydrogen) atoms. The molecule has 5 heteroatoms. The van der Waals surface area contributed by atoms with Gasteiger partial charge in [0, 0.05) is 56.1 Å². The second kappa shape index (κ2) is 9.72. The molecule has 2 aliphatic rings. The highest BCUT2D eigenvalue weighted by atomic mass is 16.2. The third-order valence-electron chi connectivity index (χ3n) is 7.07. The first-order valence-electron chi connectivity index (χ1n) is 12.2. The number of carbonyl (C=O) groups excluding carboxylic acids is 2. The van der Waals surface area contributed by atoms with Crippen LogP contribution in [0.15, 0.2) is 72.8 Å². The fourth-order valence-electron chi connectivity index (χ4n) is 4.89. The van der Waals surface area contributed by atoms with Gasteiger partial charge in [-0.25, -0.2) is 0 Å². The normalized spacial score (nSPS) is 15.7. The molecule has 5 nitrogen and oxygen atoms in total. The minimum Gasteiger partial charge on any atom is -0.367 e. The van der Waals surface area contributed by atoms with Gasteiger partial charge in [0.15, 0.2) is 0 Å². The van der Waals surface area contributed by atoms with Crippen molar-refractivity contribution < 1.29 is 9.59 Å². The van der Waals surface area contributed by atoms with Crippen LogP contribution in [0, 0.1) is 0 Å². The number of hydrogen-bond acceptors (Lipinski definition) is 3. The van der Waals surface area contributed by atoms with Crippen molar-refractivity contribution >= 4 is 17.5 Å². The van der Waals surface area contributed by atoms with E-state index in [0.29, 0.717) is 37.3 Å². The van der Waals surface area contributed by atoms with Gasteiger partial charge in [0.05, 0.1) is 0 Å². The van der Waals surface area contributed by atoms with E-state index in [1.54, 1.807) is 0 Å². The molecule has 1 fully saturated rings. The number of fused-ring (bicyclic) bond motifs is 1. The maximum absolute atomic E-state index is 13.1. The minimum absolute atomic E-state index is 0.0370.